The number of nitrogens with zero attached hydrogens (tertiary/aromatic N) is 1. The zero-order valence-electron chi connectivity index (χ0n) is 16.7. The second-order valence-corrected chi connectivity index (χ2v) is 9.76. The molecule has 3 saturated carbocycles. The van der Waals surface area contributed by atoms with E-state index in [4.69, 9.17) is 0 Å². The number of hydrogen-bond donors (Lipinski definition) is 1. The van der Waals surface area contributed by atoms with Crippen LogP contribution in [0.2, 0.25) is 0 Å². The molecule has 1 heterocycles. The van der Waals surface area contributed by atoms with Crippen molar-refractivity contribution in [3.05, 3.63) is 12.2 Å². The number of carbonyl (C=O) groups is 2. The van der Waals surface area contributed by atoms with Crippen molar-refractivity contribution in [2.45, 2.75) is 70.6 Å². The van der Waals surface area contributed by atoms with E-state index in [1.165, 1.54) is 0 Å². The van der Waals surface area contributed by atoms with Crippen LogP contribution in [0.3, 0.4) is 0 Å². The minimum atomic E-state index is -4.83. The van der Waals surface area contributed by atoms with Gasteiger partial charge < -0.3 is 10.2 Å². The van der Waals surface area contributed by atoms with Crippen LogP contribution in [0.25, 0.3) is 0 Å². The van der Waals surface area contributed by atoms with Crippen LogP contribution < -0.4 is 5.32 Å². The van der Waals surface area contributed by atoms with E-state index in [0.29, 0.717) is 24.2 Å². The Kier molecular flexibility index (Phi) is 4.40. The minimum Gasteiger partial charge on any atom is -0.345 e. The Morgan fingerprint density at radius 2 is 1.86 bits per heavy atom. The SMILES string of the molecule is CN1C(=O)C=C[C@@]2(C)C1CC[C@@H]1[C@H]2CC[C@]2(C)C(NC(=O)C(F)(F)F)CC[C@@H]12. The van der Waals surface area contributed by atoms with Crippen LogP contribution in [0.15, 0.2) is 12.2 Å². The van der Waals surface area contributed by atoms with Crippen molar-refractivity contribution in [3.63, 3.8) is 0 Å². The zero-order valence-corrected chi connectivity index (χ0v) is 16.7. The quantitative estimate of drug-likeness (QED) is 0.733. The summed E-state index contributed by atoms with van der Waals surface area (Å²) in [4.78, 5) is 25.5. The van der Waals surface area contributed by atoms with Crippen molar-refractivity contribution >= 4 is 11.8 Å². The molecule has 7 atom stereocenters. The predicted octanol–water partition coefficient (Wildman–Crippen LogP) is 3.67. The lowest BCUT2D eigenvalue weighted by Crippen LogP contribution is -2.60. The van der Waals surface area contributed by atoms with Crippen LogP contribution in [0.1, 0.15) is 52.4 Å². The second kappa shape index (κ2) is 6.23. The molecule has 3 aliphatic carbocycles. The van der Waals surface area contributed by atoms with E-state index in [2.05, 4.69) is 25.2 Å². The number of nitrogens with one attached hydrogen (secondary N) is 1. The number of rotatable bonds is 1. The molecular formula is C21H29F3N2O2. The lowest BCUT2D eigenvalue weighted by molar-refractivity contribution is -0.175. The van der Waals surface area contributed by atoms with Crippen LogP contribution in [-0.4, -0.2) is 42.0 Å². The fraction of sp³-hybridized carbons (Fsp3) is 0.810. The summed E-state index contributed by atoms with van der Waals surface area (Å²) in [5, 5.41) is 2.30. The lowest BCUT2D eigenvalue weighted by atomic mass is 9.48. The monoisotopic (exact) mass is 398 g/mol. The predicted molar refractivity (Wildman–Crippen MR) is 98.1 cm³/mol. The lowest BCUT2D eigenvalue weighted by Gasteiger charge is -2.60. The first-order valence-electron chi connectivity index (χ1n) is 10.3. The topological polar surface area (TPSA) is 49.4 Å². The molecule has 0 bridgehead atoms. The first kappa shape index (κ1) is 19.8. The standard InChI is InChI=1S/C21H29F3N2O2/c1-19-10-8-14-12(4-7-16-20(14,2)11-9-17(27)26(16)3)13(19)5-6-15(19)25-18(28)21(22,23)24/h9,11-16H,4-8,10H2,1-3H3,(H,25,28)/t12-,13-,14+,15?,16?,19-,20+/m0/s1. The summed E-state index contributed by atoms with van der Waals surface area (Å²) in [6, 6.07) is -0.220. The summed E-state index contributed by atoms with van der Waals surface area (Å²) < 4.78 is 38.3. The summed E-state index contributed by atoms with van der Waals surface area (Å²) in [6.45, 7) is 4.32. The Balaban J connectivity index is 1.58. The van der Waals surface area contributed by atoms with Gasteiger partial charge >= 0.3 is 12.1 Å². The molecule has 156 valence electrons. The Hall–Kier alpha value is -1.53. The molecule has 7 heteroatoms. The number of hydrogen-bond acceptors (Lipinski definition) is 2. The fourth-order valence-electron chi connectivity index (χ4n) is 7.22. The van der Waals surface area contributed by atoms with E-state index in [1.807, 2.05) is 11.9 Å². The van der Waals surface area contributed by atoms with Gasteiger partial charge in [-0.1, -0.05) is 19.9 Å². The van der Waals surface area contributed by atoms with E-state index in [-0.39, 0.29) is 22.8 Å². The van der Waals surface area contributed by atoms with Gasteiger partial charge in [0.2, 0.25) is 5.91 Å². The number of amides is 2. The van der Waals surface area contributed by atoms with Gasteiger partial charge in [-0.25, -0.2) is 0 Å². The molecule has 0 aromatic heterocycles. The van der Waals surface area contributed by atoms with Crippen LogP contribution >= 0.6 is 0 Å². The molecule has 2 unspecified atom stereocenters. The van der Waals surface area contributed by atoms with Crippen molar-refractivity contribution < 1.29 is 22.8 Å². The minimum absolute atomic E-state index is 0.0531. The molecule has 0 radical (unpaired) electrons. The summed E-state index contributed by atoms with van der Waals surface area (Å²) in [6.07, 6.45) is 4.09. The zero-order chi connectivity index (χ0) is 20.5. The number of carbonyl (C=O) groups excluding carboxylic acids is 2. The van der Waals surface area contributed by atoms with Gasteiger partial charge in [0.15, 0.2) is 0 Å². The molecule has 1 N–H and O–H groups in total. The molecular weight excluding hydrogens is 369 g/mol. The third-order valence-electron chi connectivity index (χ3n) is 8.69. The second-order valence-electron chi connectivity index (χ2n) is 9.76. The number of fused-ring (bicyclic) bond motifs is 5. The fourth-order valence-corrected chi connectivity index (χ4v) is 7.22. The summed E-state index contributed by atoms with van der Waals surface area (Å²) in [7, 11) is 1.88. The Labute approximate surface area is 163 Å². The van der Waals surface area contributed by atoms with E-state index in [1.54, 1.807) is 6.08 Å². The smallest absolute Gasteiger partial charge is 0.345 e. The van der Waals surface area contributed by atoms with Crippen LogP contribution in [0.5, 0.6) is 0 Å². The van der Waals surface area contributed by atoms with Crippen molar-refractivity contribution in [1.29, 1.82) is 0 Å². The van der Waals surface area contributed by atoms with Crippen molar-refractivity contribution in [2.24, 2.45) is 28.6 Å². The molecule has 1 aliphatic heterocycles. The van der Waals surface area contributed by atoms with E-state index in [9.17, 15) is 22.8 Å². The molecule has 4 nitrogen and oxygen atoms in total. The van der Waals surface area contributed by atoms with Gasteiger partial charge in [0.25, 0.3) is 0 Å². The summed E-state index contributed by atoms with van der Waals surface area (Å²) in [5.41, 5.74) is -0.369. The van der Waals surface area contributed by atoms with Gasteiger partial charge in [-0.15, -0.1) is 0 Å². The average molecular weight is 398 g/mol. The van der Waals surface area contributed by atoms with Crippen LogP contribution in [0.4, 0.5) is 13.2 Å². The van der Waals surface area contributed by atoms with Gasteiger partial charge in [0, 0.05) is 24.5 Å². The Bertz CT molecular complexity index is 721. The van der Waals surface area contributed by atoms with Crippen LogP contribution in [0, 0.1) is 28.6 Å². The third-order valence-corrected chi connectivity index (χ3v) is 8.69. The van der Waals surface area contributed by atoms with Crippen molar-refractivity contribution in [3.8, 4) is 0 Å². The molecule has 0 aromatic rings. The van der Waals surface area contributed by atoms with Gasteiger partial charge in [0.1, 0.15) is 0 Å². The Morgan fingerprint density at radius 3 is 2.54 bits per heavy atom. The normalized spacial score (nSPS) is 45.3. The largest absolute Gasteiger partial charge is 0.471 e. The first-order valence-corrected chi connectivity index (χ1v) is 10.3. The maximum atomic E-state index is 12.8. The van der Waals surface area contributed by atoms with Gasteiger partial charge in [0.05, 0.1) is 0 Å². The third kappa shape index (κ3) is 2.71. The first-order chi connectivity index (χ1) is 13.0. The molecule has 0 aromatic carbocycles. The number of likely N-dealkylation sites (N-methyl/N-ethyl adjacent to an activating group) is 1. The molecule has 28 heavy (non-hydrogen) atoms. The molecule has 2 amide bonds. The van der Waals surface area contributed by atoms with E-state index >= 15 is 0 Å². The highest BCUT2D eigenvalue weighted by atomic mass is 19.4. The average Bonchev–Trinajstić information content (AvgIpc) is 2.94. The van der Waals surface area contributed by atoms with Crippen molar-refractivity contribution in [1.82, 2.24) is 10.2 Å². The van der Waals surface area contributed by atoms with Crippen LogP contribution in [-0.2, 0) is 9.59 Å². The number of halogens is 3. The molecule has 4 aliphatic rings. The van der Waals surface area contributed by atoms with Gasteiger partial charge in [-0.2, -0.15) is 13.2 Å². The van der Waals surface area contributed by atoms with Gasteiger partial charge in [-0.3, -0.25) is 9.59 Å². The maximum Gasteiger partial charge on any atom is 0.471 e. The Morgan fingerprint density at radius 1 is 1.14 bits per heavy atom. The molecule has 0 spiro atoms. The summed E-state index contributed by atoms with van der Waals surface area (Å²) >= 11 is 0. The van der Waals surface area contributed by atoms with Crippen molar-refractivity contribution in [2.75, 3.05) is 7.05 Å². The maximum absolute atomic E-state index is 12.8. The highest BCUT2D eigenvalue weighted by Gasteiger charge is 2.61. The van der Waals surface area contributed by atoms with Gasteiger partial charge in [-0.05, 0) is 67.8 Å². The van der Waals surface area contributed by atoms with E-state index in [0.717, 1.165) is 32.1 Å². The van der Waals surface area contributed by atoms with E-state index < -0.39 is 18.1 Å². The number of alkyl halides is 3. The molecule has 3 fully saturated rings. The molecule has 4 rings (SSSR count). The highest BCUT2D eigenvalue weighted by molar-refractivity contribution is 5.89. The highest BCUT2D eigenvalue weighted by Crippen LogP contribution is 2.63. The summed E-state index contributed by atoms with van der Waals surface area (Å²) in [5.74, 6) is -0.587. The molecule has 0 saturated heterocycles.